The number of rotatable bonds is 2. The van der Waals surface area contributed by atoms with Gasteiger partial charge in [0.05, 0.1) is 5.56 Å². The van der Waals surface area contributed by atoms with Crippen LogP contribution >= 0.6 is 0 Å². The summed E-state index contributed by atoms with van der Waals surface area (Å²) in [7, 11) is 0. The van der Waals surface area contributed by atoms with E-state index in [1.807, 2.05) is 24.3 Å². The predicted octanol–water partition coefficient (Wildman–Crippen LogP) is 2.94. The van der Waals surface area contributed by atoms with Gasteiger partial charge in [-0.15, -0.1) is 0 Å². The van der Waals surface area contributed by atoms with Gasteiger partial charge >= 0.3 is 5.97 Å². The van der Waals surface area contributed by atoms with Crippen LogP contribution in [0.2, 0.25) is 0 Å². The van der Waals surface area contributed by atoms with Crippen molar-refractivity contribution in [3.05, 3.63) is 35.4 Å². The first-order chi connectivity index (χ1) is 13.2. The minimum absolute atomic E-state index is 0.0809. The van der Waals surface area contributed by atoms with E-state index in [0.717, 1.165) is 63.5 Å². The van der Waals surface area contributed by atoms with Crippen LogP contribution in [-0.4, -0.2) is 53.9 Å². The maximum absolute atomic E-state index is 13.0. The first-order valence-electron chi connectivity index (χ1n) is 10.5. The highest BCUT2D eigenvalue weighted by atomic mass is 16.6. The number of piperazine rings is 1. The molecule has 2 aliphatic carbocycles. The molecule has 0 unspecified atom stereocenters. The van der Waals surface area contributed by atoms with Crippen molar-refractivity contribution in [1.82, 2.24) is 9.80 Å². The Morgan fingerprint density at radius 3 is 2.37 bits per heavy atom. The van der Waals surface area contributed by atoms with Crippen LogP contribution in [0.3, 0.4) is 0 Å². The van der Waals surface area contributed by atoms with E-state index in [9.17, 15) is 9.59 Å². The van der Waals surface area contributed by atoms with Crippen molar-refractivity contribution >= 4 is 11.9 Å². The largest absolute Gasteiger partial charge is 0.451 e. The van der Waals surface area contributed by atoms with Crippen molar-refractivity contribution in [2.24, 2.45) is 5.92 Å². The molecule has 5 heteroatoms. The van der Waals surface area contributed by atoms with Gasteiger partial charge in [0.1, 0.15) is 5.60 Å². The lowest BCUT2D eigenvalue weighted by Gasteiger charge is -2.44. The van der Waals surface area contributed by atoms with Crippen LogP contribution in [0.1, 0.15) is 60.9 Å². The molecule has 5 nitrogen and oxygen atoms in total. The number of amides is 1. The number of fused-ring (bicyclic) bond motifs is 2. The fraction of sp³-hybridized carbons (Fsp3) is 0.636. The molecule has 1 aromatic carbocycles. The van der Waals surface area contributed by atoms with Crippen LogP contribution in [-0.2, 0) is 15.1 Å². The molecule has 2 aliphatic heterocycles. The second-order valence-corrected chi connectivity index (χ2v) is 8.65. The molecule has 2 saturated carbocycles. The number of hydrogen-bond acceptors (Lipinski definition) is 4. The zero-order valence-corrected chi connectivity index (χ0v) is 15.9. The van der Waals surface area contributed by atoms with Crippen molar-refractivity contribution < 1.29 is 14.3 Å². The summed E-state index contributed by atoms with van der Waals surface area (Å²) < 4.78 is 5.82. The second-order valence-electron chi connectivity index (χ2n) is 8.65. The number of carbonyl (C=O) groups excluding carboxylic acids is 2. The molecule has 0 bridgehead atoms. The third-order valence-electron chi connectivity index (χ3n) is 7.29. The average molecular weight is 368 g/mol. The Kier molecular flexibility index (Phi) is 4.23. The third-order valence-corrected chi connectivity index (χ3v) is 7.29. The number of esters is 1. The standard InChI is InChI=1S/C22H28N2O3/c25-20(24-14-12-23(13-15-24)17-4-3-5-17)16-8-10-22(11-9-16)19-7-2-1-6-18(19)21(26)27-22/h1-2,6-7,16-17H,3-5,8-15H2. The molecule has 5 rings (SSSR count). The van der Waals surface area contributed by atoms with Crippen molar-refractivity contribution in [3.8, 4) is 0 Å². The van der Waals surface area contributed by atoms with Crippen LogP contribution in [0.25, 0.3) is 0 Å². The Labute approximate surface area is 160 Å². The smallest absolute Gasteiger partial charge is 0.339 e. The fourth-order valence-corrected chi connectivity index (χ4v) is 5.37. The van der Waals surface area contributed by atoms with E-state index >= 15 is 0 Å². The summed E-state index contributed by atoms with van der Waals surface area (Å²) in [4.78, 5) is 29.9. The summed E-state index contributed by atoms with van der Waals surface area (Å²) in [6.45, 7) is 3.79. The predicted molar refractivity (Wildman–Crippen MR) is 101 cm³/mol. The molecule has 1 saturated heterocycles. The van der Waals surface area contributed by atoms with Crippen LogP contribution < -0.4 is 0 Å². The van der Waals surface area contributed by atoms with Gasteiger partial charge in [-0.2, -0.15) is 0 Å². The minimum Gasteiger partial charge on any atom is -0.451 e. The van der Waals surface area contributed by atoms with Gasteiger partial charge in [0.2, 0.25) is 5.91 Å². The molecule has 0 radical (unpaired) electrons. The fourth-order valence-electron chi connectivity index (χ4n) is 5.37. The summed E-state index contributed by atoms with van der Waals surface area (Å²) in [6.07, 6.45) is 7.16. The van der Waals surface area contributed by atoms with E-state index in [2.05, 4.69) is 9.80 Å². The molecular formula is C22H28N2O3. The Hall–Kier alpha value is -1.88. The SMILES string of the molecule is O=C1OC2(CCC(C(=O)N3CCN(C4CCC4)CC3)CC2)c2ccccc21. The molecule has 1 aromatic rings. The number of ether oxygens (including phenoxy) is 1. The van der Waals surface area contributed by atoms with E-state index in [4.69, 9.17) is 4.74 Å². The Morgan fingerprint density at radius 1 is 1.00 bits per heavy atom. The first kappa shape index (κ1) is 17.2. The summed E-state index contributed by atoms with van der Waals surface area (Å²) >= 11 is 0. The summed E-state index contributed by atoms with van der Waals surface area (Å²) in [5.74, 6) is 0.190. The lowest BCUT2D eigenvalue weighted by atomic mass is 9.74. The van der Waals surface area contributed by atoms with Crippen LogP contribution in [0, 0.1) is 5.92 Å². The number of carbonyl (C=O) groups is 2. The van der Waals surface area contributed by atoms with E-state index in [-0.39, 0.29) is 11.9 Å². The lowest BCUT2D eigenvalue weighted by molar-refractivity contribution is -0.141. The monoisotopic (exact) mass is 368 g/mol. The topological polar surface area (TPSA) is 49.9 Å². The number of benzene rings is 1. The molecule has 1 spiro atoms. The molecule has 1 amide bonds. The maximum Gasteiger partial charge on any atom is 0.339 e. The molecule has 0 N–H and O–H groups in total. The number of hydrogen-bond donors (Lipinski definition) is 0. The molecule has 4 aliphatic rings. The normalized spacial score (nSPS) is 31.5. The van der Waals surface area contributed by atoms with E-state index < -0.39 is 5.60 Å². The van der Waals surface area contributed by atoms with Crippen LogP contribution in [0.15, 0.2) is 24.3 Å². The van der Waals surface area contributed by atoms with E-state index in [1.165, 1.54) is 19.3 Å². The molecule has 3 fully saturated rings. The highest BCUT2D eigenvalue weighted by Gasteiger charge is 2.48. The van der Waals surface area contributed by atoms with Crippen molar-refractivity contribution in [1.29, 1.82) is 0 Å². The average Bonchev–Trinajstić information content (AvgIpc) is 2.93. The highest BCUT2D eigenvalue weighted by Crippen LogP contribution is 2.48. The van der Waals surface area contributed by atoms with Gasteiger partial charge in [0.15, 0.2) is 0 Å². The quantitative estimate of drug-likeness (QED) is 0.753. The van der Waals surface area contributed by atoms with Gasteiger partial charge in [-0.1, -0.05) is 24.6 Å². The minimum atomic E-state index is -0.493. The van der Waals surface area contributed by atoms with Crippen molar-refractivity contribution in [3.63, 3.8) is 0 Å². The number of nitrogens with zero attached hydrogens (tertiary/aromatic N) is 2. The van der Waals surface area contributed by atoms with Crippen LogP contribution in [0.5, 0.6) is 0 Å². The Morgan fingerprint density at radius 2 is 1.70 bits per heavy atom. The molecular weight excluding hydrogens is 340 g/mol. The molecule has 2 heterocycles. The maximum atomic E-state index is 13.0. The Balaban J connectivity index is 1.20. The van der Waals surface area contributed by atoms with Crippen LogP contribution in [0.4, 0.5) is 0 Å². The van der Waals surface area contributed by atoms with Gasteiger partial charge in [-0.3, -0.25) is 9.69 Å². The van der Waals surface area contributed by atoms with Gasteiger partial charge in [0, 0.05) is 43.7 Å². The molecule has 0 atom stereocenters. The van der Waals surface area contributed by atoms with E-state index in [1.54, 1.807) is 0 Å². The van der Waals surface area contributed by atoms with Gasteiger partial charge in [-0.25, -0.2) is 4.79 Å². The van der Waals surface area contributed by atoms with Gasteiger partial charge < -0.3 is 9.64 Å². The Bertz CT molecular complexity index is 742. The zero-order valence-electron chi connectivity index (χ0n) is 15.9. The van der Waals surface area contributed by atoms with E-state index in [0.29, 0.717) is 11.5 Å². The lowest BCUT2D eigenvalue weighted by Crippen LogP contribution is -2.54. The second kappa shape index (κ2) is 6.62. The summed E-state index contributed by atoms with van der Waals surface area (Å²) in [5.41, 5.74) is 1.23. The van der Waals surface area contributed by atoms with Gasteiger partial charge in [-0.05, 0) is 44.6 Å². The van der Waals surface area contributed by atoms with Gasteiger partial charge in [0.25, 0.3) is 0 Å². The summed E-state index contributed by atoms with van der Waals surface area (Å²) in [5, 5.41) is 0. The first-order valence-corrected chi connectivity index (χ1v) is 10.5. The third kappa shape index (κ3) is 2.87. The zero-order chi connectivity index (χ0) is 18.4. The van der Waals surface area contributed by atoms with Crippen molar-refractivity contribution in [2.75, 3.05) is 26.2 Å². The molecule has 144 valence electrons. The summed E-state index contributed by atoms with van der Waals surface area (Å²) in [6, 6.07) is 8.50. The van der Waals surface area contributed by atoms with Crippen molar-refractivity contribution in [2.45, 2.75) is 56.6 Å². The molecule has 0 aromatic heterocycles. The highest BCUT2D eigenvalue weighted by molar-refractivity contribution is 5.94. The molecule has 27 heavy (non-hydrogen) atoms.